The maximum Gasteiger partial charge on any atom is 0.263 e. The van der Waals surface area contributed by atoms with Crippen LogP contribution in [-0.2, 0) is 6.42 Å². The van der Waals surface area contributed by atoms with E-state index >= 15 is 0 Å². The number of halogens is 2. The fraction of sp³-hybridized carbons (Fsp3) is 0.444. The number of amides is 1. The number of carbonyl (C=O) groups is 1. The molecule has 1 aromatic heterocycles. The number of hydrogen-bond acceptors (Lipinski definition) is 4. The fourth-order valence-electron chi connectivity index (χ4n) is 2.54. The Labute approximate surface area is 166 Å². The lowest BCUT2D eigenvalue weighted by Crippen LogP contribution is -2.41. The first-order valence-corrected chi connectivity index (χ1v) is 8.82. The molecule has 0 saturated carbocycles. The van der Waals surface area contributed by atoms with Crippen LogP contribution in [0.15, 0.2) is 30.3 Å². The average molecular weight is 404 g/mol. The van der Waals surface area contributed by atoms with Crippen molar-refractivity contribution in [3.8, 4) is 0 Å². The summed E-state index contributed by atoms with van der Waals surface area (Å²) in [4.78, 5) is 17.7. The lowest BCUT2D eigenvalue weighted by Gasteiger charge is -2.18. The first-order valence-electron chi connectivity index (χ1n) is 8.00. The van der Waals surface area contributed by atoms with Crippen LogP contribution in [0.4, 0.5) is 0 Å². The van der Waals surface area contributed by atoms with E-state index in [-0.39, 0.29) is 36.8 Å². The van der Waals surface area contributed by atoms with E-state index < -0.39 is 0 Å². The molecule has 4 nitrogen and oxygen atoms in total. The summed E-state index contributed by atoms with van der Waals surface area (Å²) in [5, 5.41) is 4.00. The van der Waals surface area contributed by atoms with Crippen molar-refractivity contribution < 1.29 is 4.79 Å². The van der Waals surface area contributed by atoms with Gasteiger partial charge in [-0.05, 0) is 24.8 Å². The molecule has 25 heavy (non-hydrogen) atoms. The lowest BCUT2D eigenvalue weighted by molar-refractivity contribution is 0.0937. The van der Waals surface area contributed by atoms with E-state index in [9.17, 15) is 4.79 Å². The third-order valence-electron chi connectivity index (χ3n) is 3.62. The van der Waals surface area contributed by atoms with Gasteiger partial charge in [-0.15, -0.1) is 36.2 Å². The van der Waals surface area contributed by atoms with Gasteiger partial charge in [-0.25, -0.2) is 4.98 Å². The molecule has 0 radical (unpaired) electrons. The van der Waals surface area contributed by atoms with Crippen molar-refractivity contribution >= 4 is 42.1 Å². The third kappa shape index (κ3) is 7.32. The summed E-state index contributed by atoms with van der Waals surface area (Å²) in [5.41, 5.74) is 7.76. The smallest absolute Gasteiger partial charge is 0.263 e. The number of aryl methyl sites for hydroxylation is 1. The zero-order valence-electron chi connectivity index (χ0n) is 14.8. The summed E-state index contributed by atoms with van der Waals surface area (Å²) in [6.45, 7) is 6.61. The van der Waals surface area contributed by atoms with Gasteiger partial charge in [0.15, 0.2) is 0 Å². The Morgan fingerprint density at radius 1 is 1.24 bits per heavy atom. The van der Waals surface area contributed by atoms with Gasteiger partial charge in [0.1, 0.15) is 4.88 Å². The van der Waals surface area contributed by atoms with Crippen molar-refractivity contribution in [2.24, 2.45) is 11.7 Å². The highest BCUT2D eigenvalue weighted by molar-refractivity contribution is 7.13. The molecular weight excluding hydrogens is 377 g/mol. The van der Waals surface area contributed by atoms with Crippen LogP contribution in [0.1, 0.15) is 46.2 Å². The molecule has 0 fully saturated rings. The third-order valence-corrected chi connectivity index (χ3v) is 4.78. The molecule has 1 atom stereocenters. The number of benzene rings is 1. The Balaban J connectivity index is 0.00000288. The van der Waals surface area contributed by atoms with E-state index in [1.165, 1.54) is 16.9 Å². The highest BCUT2D eigenvalue weighted by atomic mass is 35.5. The van der Waals surface area contributed by atoms with Gasteiger partial charge in [-0.2, -0.15) is 0 Å². The van der Waals surface area contributed by atoms with Crippen LogP contribution in [0.2, 0.25) is 0 Å². The van der Waals surface area contributed by atoms with Gasteiger partial charge in [0.05, 0.1) is 10.7 Å². The standard InChI is InChI=1S/C18H25N3OS.2ClH/c1-12(2)9-15(11-19)21-18(22)17-13(3)20-16(23-17)10-14-7-5-4-6-8-14;;/h4-8,12,15H,9-11,19H2,1-3H3,(H,21,22);2*1H. The van der Waals surface area contributed by atoms with Crippen LogP contribution in [0.5, 0.6) is 0 Å². The van der Waals surface area contributed by atoms with Gasteiger partial charge < -0.3 is 11.1 Å². The zero-order valence-corrected chi connectivity index (χ0v) is 17.3. The molecule has 0 aliphatic heterocycles. The second-order valence-electron chi connectivity index (χ2n) is 6.22. The number of carbonyl (C=O) groups excluding carboxylic acids is 1. The molecule has 0 saturated heterocycles. The second-order valence-corrected chi connectivity index (χ2v) is 7.30. The van der Waals surface area contributed by atoms with Crippen molar-refractivity contribution in [2.75, 3.05) is 6.54 Å². The molecule has 0 bridgehead atoms. The van der Waals surface area contributed by atoms with E-state index in [1.807, 2.05) is 25.1 Å². The van der Waals surface area contributed by atoms with E-state index in [0.717, 1.165) is 23.5 Å². The van der Waals surface area contributed by atoms with Crippen molar-refractivity contribution in [1.29, 1.82) is 0 Å². The Hall–Kier alpha value is -1.14. The number of hydrogen-bond donors (Lipinski definition) is 2. The van der Waals surface area contributed by atoms with Crippen molar-refractivity contribution in [3.05, 3.63) is 51.5 Å². The van der Waals surface area contributed by atoms with E-state index in [2.05, 4.69) is 36.3 Å². The molecule has 2 rings (SSSR count). The maximum absolute atomic E-state index is 12.5. The zero-order chi connectivity index (χ0) is 16.8. The second kappa shape index (κ2) is 11.5. The average Bonchev–Trinajstić information content (AvgIpc) is 2.87. The number of nitrogens with zero attached hydrogens (tertiary/aromatic N) is 1. The minimum absolute atomic E-state index is 0. The molecule has 7 heteroatoms. The van der Waals surface area contributed by atoms with Crippen molar-refractivity contribution in [2.45, 2.75) is 39.7 Å². The number of rotatable bonds is 7. The Bertz CT molecular complexity index is 647. The van der Waals surface area contributed by atoms with Gasteiger partial charge >= 0.3 is 0 Å². The fourth-order valence-corrected chi connectivity index (χ4v) is 3.55. The summed E-state index contributed by atoms with van der Waals surface area (Å²) in [6, 6.07) is 10.2. The summed E-state index contributed by atoms with van der Waals surface area (Å²) in [7, 11) is 0. The SMILES string of the molecule is Cc1nc(Cc2ccccc2)sc1C(=O)NC(CN)CC(C)C.Cl.Cl. The molecule has 0 aliphatic carbocycles. The first kappa shape index (κ1) is 23.9. The number of thiazole rings is 1. The van der Waals surface area contributed by atoms with Crippen LogP contribution >= 0.6 is 36.2 Å². The maximum atomic E-state index is 12.5. The molecular formula is C18H27Cl2N3OS. The summed E-state index contributed by atoms with van der Waals surface area (Å²) >= 11 is 1.47. The predicted octanol–water partition coefficient (Wildman–Crippen LogP) is 3.99. The largest absolute Gasteiger partial charge is 0.347 e. The molecule has 0 aliphatic rings. The highest BCUT2D eigenvalue weighted by Crippen LogP contribution is 2.21. The summed E-state index contributed by atoms with van der Waals surface area (Å²) in [5.74, 6) is 0.440. The van der Waals surface area contributed by atoms with E-state index in [1.54, 1.807) is 0 Å². The van der Waals surface area contributed by atoms with E-state index in [4.69, 9.17) is 5.73 Å². The summed E-state index contributed by atoms with van der Waals surface area (Å²) < 4.78 is 0. The monoisotopic (exact) mass is 403 g/mol. The first-order chi connectivity index (χ1) is 11.0. The van der Waals surface area contributed by atoms with Crippen LogP contribution in [0.3, 0.4) is 0 Å². The molecule has 2 aromatic rings. The Morgan fingerprint density at radius 2 is 1.88 bits per heavy atom. The molecule has 3 N–H and O–H groups in total. The van der Waals surface area contributed by atoms with Crippen LogP contribution in [0, 0.1) is 12.8 Å². The lowest BCUT2D eigenvalue weighted by atomic mass is 10.0. The minimum atomic E-state index is -0.0598. The van der Waals surface area contributed by atoms with Crippen LogP contribution in [-0.4, -0.2) is 23.5 Å². The summed E-state index contributed by atoms with van der Waals surface area (Å²) in [6.07, 6.45) is 1.64. The molecule has 1 unspecified atom stereocenters. The van der Waals surface area contributed by atoms with Gasteiger partial charge in [-0.3, -0.25) is 4.79 Å². The molecule has 1 amide bonds. The molecule has 1 aromatic carbocycles. The number of nitrogens with one attached hydrogen (secondary N) is 1. The molecule has 1 heterocycles. The van der Waals surface area contributed by atoms with Crippen molar-refractivity contribution in [1.82, 2.24) is 10.3 Å². The highest BCUT2D eigenvalue weighted by Gasteiger charge is 2.19. The minimum Gasteiger partial charge on any atom is -0.347 e. The van der Waals surface area contributed by atoms with Gasteiger partial charge in [0.2, 0.25) is 0 Å². The molecule has 140 valence electrons. The quantitative estimate of drug-likeness (QED) is 0.733. The number of aromatic nitrogens is 1. The van der Waals surface area contributed by atoms with Crippen LogP contribution in [0.25, 0.3) is 0 Å². The Kier molecular flexibility index (Phi) is 10.9. The van der Waals surface area contributed by atoms with E-state index in [0.29, 0.717) is 17.3 Å². The van der Waals surface area contributed by atoms with Gasteiger partial charge in [-0.1, -0.05) is 44.2 Å². The predicted molar refractivity (Wildman–Crippen MR) is 110 cm³/mol. The molecule has 0 spiro atoms. The topological polar surface area (TPSA) is 68.0 Å². The Morgan fingerprint density at radius 3 is 2.44 bits per heavy atom. The van der Waals surface area contributed by atoms with Crippen molar-refractivity contribution in [3.63, 3.8) is 0 Å². The van der Waals surface area contributed by atoms with Crippen LogP contribution < -0.4 is 11.1 Å². The number of nitrogens with two attached hydrogens (primary N) is 1. The normalized spacial score (nSPS) is 11.4. The van der Waals surface area contributed by atoms with Gasteiger partial charge in [0.25, 0.3) is 5.91 Å². The van der Waals surface area contributed by atoms with Gasteiger partial charge in [0, 0.05) is 19.0 Å².